The Morgan fingerprint density at radius 3 is 2.43 bits per heavy atom. The first kappa shape index (κ1) is 20.9. The molecule has 0 bridgehead atoms. The monoisotopic (exact) mass is 406 g/mol. The molecule has 0 radical (unpaired) electrons. The van der Waals surface area contributed by atoms with E-state index in [1.54, 1.807) is 37.3 Å². The lowest BCUT2D eigenvalue weighted by Gasteiger charge is -2.08. The molecule has 2 aromatic rings. The molecule has 7 heteroatoms. The van der Waals surface area contributed by atoms with E-state index in [1.165, 1.54) is 7.11 Å². The van der Waals surface area contributed by atoms with Crippen molar-refractivity contribution in [3.8, 4) is 5.75 Å². The smallest absolute Gasteiger partial charge is 0.340 e. The van der Waals surface area contributed by atoms with E-state index in [-0.39, 0.29) is 29.6 Å². The van der Waals surface area contributed by atoms with Crippen LogP contribution >= 0.6 is 0 Å². The molecule has 0 atom stereocenters. The van der Waals surface area contributed by atoms with Crippen molar-refractivity contribution in [1.29, 1.82) is 0 Å². The van der Waals surface area contributed by atoms with Crippen LogP contribution in [0, 0.1) is 0 Å². The van der Waals surface area contributed by atoms with Crippen LogP contribution in [0.4, 0.5) is 0 Å². The number of esters is 1. The quantitative estimate of drug-likeness (QED) is 0.544. The van der Waals surface area contributed by atoms with Crippen LogP contribution in [-0.4, -0.2) is 31.5 Å². The minimum atomic E-state index is -0.571. The van der Waals surface area contributed by atoms with Gasteiger partial charge in [0.15, 0.2) is 6.61 Å². The van der Waals surface area contributed by atoms with E-state index in [0.29, 0.717) is 23.6 Å². The molecule has 1 heterocycles. The molecule has 2 N–H and O–H groups in total. The van der Waals surface area contributed by atoms with Crippen molar-refractivity contribution in [3.05, 3.63) is 82.6 Å². The number of amides is 2. The summed E-state index contributed by atoms with van der Waals surface area (Å²) in [6.45, 7) is 1.97. The molecular weight excluding hydrogens is 384 g/mol. The van der Waals surface area contributed by atoms with Gasteiger partial charge in [-0.05, 0) is 36.3 Å². The van der Waals surface area contributed by atoms with Gasteiger partial charge in [0.05, 0.1) is 18.3 Å². The molecule has 0 aromatic heterocycles. The average Bonchev–Trinajstić information content (AvgIpc) is 3.04. The lowest BCUT2D eigenvalue weighted by atomic mass is 10.0. The summed E-state index contributed by atoms with van der Waals surface area (Å²) in [6.07, 6.45) is 1.61. The molecule has 0 aliphatic carbocycles. The van der Waals surface area contributed by atoms with Gasteiger partial charge in [-0.3, -0.25) is 9.59 Å². The van der Waals surface area contributed by atoms with Crippen LogP contribution in [0.1, 0.15) is 18.1 Å². The standard InChI is InChI=1S/C23H22N2O5/c1-15-21(23(28)29-2)19(22(27)25-15)12-16-8-10-18(11-9-16)30-14-20(26)24-13-17-6-4-3-5-7-17/h3-12H,13-14H2,1-2H3,(H,24,26)(H,25,27). The second kappa shape index (κ2) is 9.56. The van der Waals surface area contributed by atoms with Gasteiger partial charge in [-0.15, -0.1) is 0 Å². The van der Waals surface area contributed by atoms with Gasteiger partial charge in [0.1, 0.15) is 5.75 Å². The number of ether oxygens (including phenoxy) is 2. The van der Waals surface area contributed by atoms with Gasteiger partial charge >= 0.3 is 5.97 Å². The molecule has 0 spiro atoms. The molecule has 30 heavy (non-hydrogen) atoms. The average molecular weight is 406 g/mol. The van der Waals surface area contributed by atoms with Gasteiger partial charge in [-0.1, -0.05) is 42.5 Å². The maximum absolute atomic E-state index is 12.1. The summed E-state index contributed by atoms with van der Waals surface area (Å²) in [5.74, 6) is -0.638. The molecule has 3 rings (SSSR count). The van der Waals surface area contributed by atoms with E-state index in [2.05, 4.69) is 10.6 Å². The molecule has 1 aliphatic rings. The Balaban J connectivity index is 1.58. The third-order valence-electron chi connectivity index (χ3n) is 4.47. The van der Waals surface area contributed by atoms with E-state index in [9.17, 15) is 14.4 Å². The molecule has 0 fully saturated rings. The highest BCUT2D eigenvalue weighted by atomic mass is 16.5. The van der Waals surface area contributed by atoms with Gasteiger partial charge < -0.3 is 20.1 Å². The summed E-state index contributed by atoms with van der Waals surface area (Å²) in [5.41, 5.74) is 2.64. The highest BCUT2D eigenvalue weighted by Crippen LogP contribution is 2.25. The maximum atomic E-state index is 12.1. The lowest BCUT2D eigenvalue weighted by Crippen LogP contribution is -2.28. The van der Waals surface area contributed by atoms with Crippen molar-refractivity contribution < 1.29 is 23.9 Å². The summed E-state index contributed by atoms with van der Waals surface area (Å²) >= 11 is 0. The van der Waals surface area contributed by atoms with E-state index < -0.39 is 5.97 Å². The molecule has 7 nitrogen and oxygen atoms in total. The van der Waals surface area contributed by atoms with Crippen LogP contribution in [-0.2, 0) is 25.7 Å². The molecule has 2 aromatic carbocycles. The normalized spacial score (nSPS) is 14.5. The van der Waals surface area contributed by atoms with Gasteiger partial charge in [-0.2, -0.15) is 0 Å². The first-order chi connectivity index (χ1) is 14.5. The molecule has 0 saturated heterocycles. The van der Waals surface area contributed by atoms with Gasteiger partial charge in [-0.25, -0.2) is 4.79 Å². The summed E-state index contributed by atoms with van der Waals surface area (Å²) < 4.78 is 10.3. The van der Waals surface area contributed by atoms with E-state index in [0.717, 1.165) is 5.56 Å². The number of benzene rings is 2. The highest BCUT2D eigenvalue weighted by Gasteiger charge is 2.30. The third-order valence-corrected chi connectivity index (χ3v) is 4.47. The second-order valence-corrected chi connectivity index (χ2v) is 6.62. The van der Waals surface area contributed by atoms with Crippen molar-refractivity contribution in [3.63, 3.8) is 0 Å². The Bertz CT molecular complexity index is 1010. The van der Waals surface area contributed by atoms with E-state index in [4.69, 9.17) is 9.47 Å². The van der Waals surface area contributed by atoms with E-state index >= 15 is 0 Å². The molecule has 2 amide bonds. The minimum Gasteiger partial charge on any atom is -0.484 e. The first-order valence-corrected chi connectivity index (χ1v) is 9.34. The first-order valence-electron chi connectivity index (χ1n) is 9.34. The zero-order valence-electron chi connectivity index (χ0n) is 16.7. The van der Waals surface area contributed by atoms with Crippen LogP contribution in [0.2, 0.25) is 0 Å². The molecule has 1 aliphatic heterocycles. The molecule has 0 unspecified atom stereocenters. The van der Waals surface area contributed by atoms with Crippen molar-refractivity contribution in [2.75, 3.05) is 13.7 Å². The fraction of sp³-hybridized carbons (Fsp3) is 0.174. The number of hydrogen-bond donors (Lipinski definition) is 2. The van der Waals surface area contributed by atoms with Crippen LogP contribution in [0.5, 0.6) is 5.75 Å². The summed E-state index contributed by atoms with van der Waals surface area (Å²) in [7, 11) is 1.27. The van der Waals surface area contributed by atoms with Crippen molar-refractivity contribution in [1.82, 2.24) is 10.6 Å². The van der Waals surface area contributed by atoms with Crippen molar-refractivity contribution >= 4 is 23.9 Å². The SMILES string of the molecule is COC(=O)C1=C(C)NC(=O)C1=Cc1ccc(OCC(=O)NCc2ccccc2)cc1. The number of carbonyl (C=O) groups is 3. The van der Waals surface area contributed by atoms with Crippen LogP contribution in [0.15, 0.2) is 71.4 Å². The van der Waals surface area contributed by atoms with Gasteiger partial charge in [0.2, 0.25) is 0 Å². The minimum absolute atomic E-state index is 0.107. The van der Waals surface area contributed by atoms with Gasteiger partial charge in [0, 0.05) is 12.2 Å². The number of carbonyl (C=O) groups excluding carboxylic acids is 3. The number of methoxy groups -OCH3 is 1. The number of hydrogen-bond acceptors (Lipinski definition) is 5. The zero-order valence-corrected chi connectivity index (χ0v) is 16.7. The van der Waals surface area contributed by atoms with Crippen LogP contribution < -0.4 is 15.4 Å². The lowest BCUT2D eigenvalue weighted by molar-refractivity contribution is -0.136. The van der Waals surface area contributed by atoms with Gasteiger partial charge in [0.25, 0.3) is 11.8 Å². The highest BCUT2D eigenvalue weighted by molar-refractivity contribution is 6.16. The molecular formula is C23H22N2O5. The topological polar surface area (TPSA) is 93.7 Å². The summed E-state index contributed by atoms with van der Waals surface area (Å²) in [6, 6.07) is 16.5. The number of rotatable bonds is 7. The second-order valence-electron chi connectivity index (χ2n) is 6.62. The Labute approximate surface area is 174 Å². The zero-order chi connectivity index (χ0) is 21.5. The van der Waals surface area contributed by atoms with Crippen LogP contribution in [0.25, 0.3) is 6.08 Å². The molecule has 0 saturated carbocycles. The van der Waals surface area contributed by atoms with Crippen molar-refractivity contribution in [2.45, 2.75) is 13.5 Å². The number of nitrogens with one attached hydrogen (secondary N) is 2. The summed E-state index contributed by atoms with van der Waals surface area (Å²) in [5, 5.41) is 5.41. The predicted molar refractivity (Wildman–Crippen MR) is 111 cm³/mol. The van der Waals surface area contributed by atoms with Crippen LogP contribution in [0.3, 0.4) is 0 Å². The molecule has 154 valence electrons. The Kier molecular flexibility index (Phi) is 6.64. The van der Waals surface area contributed by atoms with E-state index in [1.807, 2.05) is 30.3 Å². The Hall–Kier alpha value is -3.87. The fourth-order valence-corrected chi connectivity index (χ4v) is 2.94. The maximum Gasteiger partial charge on any atom is 0.340 e. The third kappa shape index (κ3) is 5.14. The largest absolute Gasteiger partial charge is 0.484 e. The number of allylic oxidation sites excluding steroid dienone is 1. The Morgan fingerprint density at radius 2 is 1.77 bits per heavy atom. The fourth-order valence-electron chi connectivity index (χ4n) is 2.94. The summed E-state index contributed by atoms with van der Waals surface area (Å²) in [4.78, 5) is 36.0. The van der Waals surface area contributed by atoms with Crippen molar-refractivity contribution in [2.24, 2.45) is 0 Å². The Morgan fingerprint density at radius 1 is 1.07 bits per heavy atom. The predicted octanol–water partition coefficient (Wildman–Crippen LogP) is 2.34.